The summed E-state index contributed by atoms with van der Waals surface area (Å²) < 4.78 is 6.08. The lowest BCUT2D eigenvalue weighted by Gasteiger charge is -2.32. The molecule has 196 valence electrons. The van der Waals surface area contributed by atoms with Gasteiger partial charge >= 0.3 is 0 Å². The van der Waals surface area contributed by atoms with Gasteiger partial charge < -0.3 is 15.0 Å². The van der Waals surface area contributed by atoms with Crippen LogP contribution in [0.3, 0.4) is 0 Å². The van der Waals surface area contributed by atoms with Gasteiger partial charge in [-0.25, -0.2) is 0 Å². The van der Waals surface area contributed by atoms with E-state index in [4.69, 9.17) is 16.3 Å². The zero-order valence-corrected chi connectivity index (χ0v) is 22.9. The Kier molecular flexibility index (Phi) is 10.2. The number of amides is 2. The van der Waals surface area contributed by atoms with Crippen LogP contribution in [0.4, 0.5) is 0 Å². The van der Waals surface area contributed by atoms with Crippen LogP contribution in [-0.4, -0.2) is 35.9 Å². The molecule has 0 saturated heterocycles. The van der Waals surface area contributed by atoms with Gasteiger partial charge in [0.2, 0.25) is 5.91 Å². The topological polar surface area (TPSA) is 58.6 Å². The van der Waals surface area contributed by atoms with Crippen molar-refractivity contribution >= 4 is 23.4 Å². The number of ether oxygens (including phenoxy) is 1. The minimum absolute atomic E-state index is 0.143. The maximum absolute atomic E-state index is 13.8. The van der Waals surface area contributed by atoms with Gasteiger partial charge in [0.25, 0.3) is 5.91 Å². The predicted molar refractivity (Wildman–Crippen MR) is 150 cm³/mol. The lowest BCUT2D eigenvalue weighted by atomic mass is 9.86. The fourth-order valence-corrected chi connectivity index (χ4v) is 4.40. The fraction of sp³-hybridized carbons (Fsp3) is 0.355. The van der Waals surface area contributed by atoms with Crippen molar-refractivity contribution in [3.05, 3.63) is 101 Å². The number of rotatable bonds is 11. The molecule has 3 rings (SSSR count). The third-order valence-electron chi connectivity index (χ3n) is 6.11. The van der Waals surface area contributed by atoms with Crippen molar-refractivity contribution in [1.82, 2.24) is 10.2 Å². The number of hydrogen-bond acceptors (Lipinski definition) is 3. The molecule has 1 N–H and O–H groups in total. The van der Waals surface area contributed by atoms with Crippen LogP contribution in [0.25, 0.3) is 0 Å². The second-order valence-electron chi connectivity index (χ2n) is 10.2. The molecule has 0 aliphatic heterocycles. The van der Waals surface area contributed by atoms with Gasteiger partial charge in [-0.15, -0.1) is 0 Å². The van der Waals surface area contributed by atoms with Gasteiger partial charge in [0.15, 0.2) is 6.61 Å². The number of carbonyl (C=O) groups is 2. The summed E-state index contributed by atoms with van der Waals surface area (Å²) in [4.78, 5) is 28.8. The summed E-state index contributed by atoms with van der Waals surface area (Å²) in [6.45, 7) is 8.92. The molecular formula is C31H37ClN2O3. The standard InChI is InChI=1S/C31H37ClN2O3/c1-5-18-33-30(36)27(20-23-12-7-6-8-13-23)34(21-24-14-11-15-25(32)19-24)29(35)22-37-28-17-10-9-16-26(28)31(2,3)4/h6-17,19,27H,5,18,20-22H2,1-4H3,(H,33,36)/t27-/m0/s1. The molecule has 2 amide bonds. The van der Waals surface area contributed by atoms with E-state index >= 15 is 0 Å². The molecule has 0 saturated carbocycles. The molecule has 0 heterocycles. The Morgan fingerprint density at radius 2 is 1.62 bits per heavy atom. The summed E-state index contributed by atoms with van der Waals surface area (Å²) in [7, 11) is 0. The van der Waals surface area contributed by atoms with Crippen LogP contribution in [0.5, 0.6) is 5.75 Å². The Balaban J connectivity index is 1.93. The zero-order chi connectivity index (χ0) is 26.8. The van der Waals surface area contributed by atoms with Crippen molar-refractivity contribution in [3.63, 3.8) is 0 Å². The molecule has 0 aliphatic rings. The largest absolute Gasteiger partial charge is 0.483 e. The van der Waals surface area contributed by atoms with Crippen molar-refractivity contribution in [2.45, 2.75) is 58.5 Å². The second-order valence-corrected chi connectivity index (χ2v) is 10.6. The van der Waals surface area contributed by atoms with E-state index in [1.54, 1.807) is 11.0 Å². The van der Waals surface area contributed by atoms with Crippen LogP contribution in [0, 0.1) is 0 Å². The van der Waals surface area contributed by atoms with Crippen LogP contribution in [-0.2, 0) is 28.0 Å². The van der Waals surface area contributed by atoms with Gasteiger partial charge in [0.1, 0.15) is 11.8 Å². The minimum atomic E-state index is -0.707. The predicted octanol–water partition coefficient (Wildman–Crippen LogP) is 6.18. The third-order valence-corrected chi connectivity index (χ3v) is 6.34. The molecule has 37 heavy (non-hydrogen) atoms. The number of benzene rings is 3. The molecule has 5 nitrogen and oxygen atoms in total. The molecule has 1 atom stereocenters. The van der Waals surface area contributed by atoms with Gasteiger partial charge in [-0.05, 0) is 46.7 Å². The number of carbonyl (C=O) groups excluding carboxylic acids is 2. The van der Waals surface area contributed by atoms with E-state index in [-0.39, 0.29) is 30.4 Å². The molecular weight excluding hydrogens is 484 g/mol. The Labute approximate surface area is 225 Å². The molecule has 3 aromatic rings. The van der Waals surface area contributed by atoms with Crippen LogP contribution < -0.4 is 10.1 Å². The summed E-state index contributed by atoms with van der Waals surface area (Å²) in [5.41, 5.74) is 2.70. The summed E-state index contributed by atoms with van der Waals surface area (Å²) in [6.07, 6.45) is 1.19. The van der Waals surface area contributed by atoms with E-state index in [0.717, 1.165) is 23.1 Å². The van der Waals surface area contributed by atoms with Crippen molar-refractivity contribution in [2.24, 2.45) is 0 Å². The maximum Gasteiger partial charge on any atom is 0.261 e. The molecule has 0 fully saturated rings. The first-order valence-electron chi connectivity index (χ1n) is 12.8. The highest BCUT2D eigenvalue weighted by Crippen LogP contribution is 2.31. The second kappa shape index (κ2) is 13.3. The Hall–Kier alpha value is -3.31. The van der Waals surface area contributed by atoms with Gasteiger partial charge in [0.05, 0.1) is 0 Å². The normalized spacial score (nSPS) is 12.0. The Bertz CT molecular complexity index is 1170. The highest BCUT2D eigenvalue weighted by Gasteiger charge is 2.31. The smallest absolute Gasteiger partial charge is 0.261 e. The number of para-hydroxylation sites is 1. The van der Waals surface area contributed by atoms with E-state index in [9.17, 15) is 9.59 Å². The van der Waals surface area contributed by atoms with E-state index < -0.39 is 6.04 Å². The zero-order valence-electron chi connectivity index (χ0n) is 22.2. The van der Waals surface area contributed by atoms with Gasteiger partial charge in [0, 0.05) is 24.5 Å². The fourth-order valence-electron chi connectivity index (χ4n) is 4.19. The van der Waals surface area contributed by atoms with Crippen molar-refractivity contribution in [3.8, 4) is 5.75 Å². The highest BCUT2D eigenvalue weighted by molar-refractivity contribution is 6.30. The monoisotopic (exact) mass is 520 g/mol. The molecule has 0 aromatic heterocycles. The average molecular weight is 521 g/mol. The van der Waals surface area contributed by atoms with Crippen LogP contribution in [0.2, 0.25) is 5.02 Å². The van der Waals surface area contributed by atoms with Crippen molar-refractivity contribution in [1.29, 1.82) is 0 Å². The van der Waals surface area contributed by atoms with Crippen molar-refractivity contribution < 1.29 is 14.3 Å². The summed E-state index contributed by atoms with van der Waals surface area (Å²) in [6, 6.07) is 24.2. The Morgan fingerprint density at radius 1 is 0.946 bits per heavy atom. The summed E-state index contributed by atoms with van der Waals surface area (Å²) in [5, 5.41) is 3.57. The Morgan fingerprint density at radius 3 is 2.30 bits per heavy atom. The number of hydrogen-bond donors (Lipinski definition) is 1. The number of halogens is 1. The van der Waals surface area contributed by atoms with Gasteiger partial charge in [-0.3, -0.25) is 9.59 Å². The maximum atomic E-state index is 13.8. The lowest BCUT2D eigenvalue weighted by Crippen LogP contribution is -2.51. The van der Waals surface area contributed by atoms with Crippen LogP contribution in [0.1, 0.15) is 50.8 Å². The molecule has 6 heteroatoms. The molecule has 0 bridgehead atoms. The third kappa shape index (κ3) is 8.36. The van der Waals surface area contributed by atoms with E-state index in [1.807, 2.05) is 79.7 Å². The first-order chi connectivity index (χ1) is 17.7. The number of nitrogens with one attached hydrogen (secondary N) is 1. The molecule has 3 aromatic carbocycles. The van der Waals surface area contributed by atoms with E-state index in [0.29, 0.717) is 23.7 Å². The van der Waals surface area contributed by atoms with Crippen molar-refractivity contribution in [2.75, 3.05) is 13.2 Å². The van der Waals surface area contributed by atoms with E-state index in [2.05, 4.69) is 26.1 Å². The summed E-state index contributed by atoms with van der Waals surface area (Å²) in [5.74, 6) is 0.216. The average Bonchev–Trinajstić information content (AvgIpc) is 2.88. The molecule has 0 spiro atoms. The lowest BCUT2D eigenvalue weighted by molar-refractivity contribution is -0.142. The molecule has 0 unspecified atom stereocenters. The van der Waals surface area contributed by atoms with E-state index in [1.165, 1.54) is 0 Å². The summed E-state index contributed by atoms with van der Waals surface area (Å²) >= 11 is 6.24. The van der Waals surface area contributed by atoms with Gasteiger partial charge in [-0.2, -0.15) is 0 Å². The van der Waals surface area contributed by atoms with Crippen LogP contribution in [0.15, 0.2) is 78.9 Å². The minimum Gasteiger partial charge on any atom is -0.483 e. The molecule has 0 aliphatic carbocycles. The molecule has 0 radical (unpaired) electrons. The number of nitrogens with zero attached hydrogens (tertiary/aromatic N) is 1. The first kappa shape index (κ1) is 28.3. The highest BCUT2D eigenvalue weighted by atomic mass is 35.5. The quantitative estimate of drug-likeness (QED) is 0.328. The SMILES string of the molecule is CCCNC(=O)[C@H](Cc1ccccc1)N(Cc1cccc(Cl)c1)C(=O)COc1ccccc1C(C)(C)C. The van der Waals surface area contributed by atoms with Crippen LogP contribution >= 0.6 is 11.6 Å². The van der Waals surface area contributed by atoms with Gasteiger partial charge in [-0.1, -0.05) is 100.0 Å². The first-order valence-corrected chi connectivity index (χ1v) is 13.1.